The van der Waals surface area contributed by atoms with Crippen LogP contribution in [0.15, 0.2) is 4.99 Å². The van der Waals surface area contributed by atoms with Crippen LogP contribution in [0.5, 0.6) is 0 Å². The number of nitrogens with one attached hydrogen (secondary N) is 1. The van der Waals surface area contributed by atoms with E-state index in [1.54, 1.807) is 13.3 Å². The molecule has 1 aromatic rings. The lowest BCUT2D eigenvalue weighted by molar-refractivity contribution is -0.146. The Hall–Kier alpha value is -3.15. The third-order valence-electron chi connectivity index (χ3n) is 5.74. The number of aryl methyl sites for hydroxylation is 1. The molecule has 3 rings (SSSR count). The molecule has 0 spiro atoms. The Morgan fingerprint density at radius 2 is 1.94 bits per heavy atom. The maximum atomic E-state index is 13.4. The van der Waals surface area contributed by atoms with Crippen molar-refractivity contribution in [3.8, 4) is 0 Å². The fraction of sp³-hybridized carbons (Fsp3) is 0.650. The fourth-order valence-corrected chi connectivity index (χ4v) is 4.05. The summed E-state index contributed by atoms with van der Waals surface area (Å²) in [5.41, 5.74) is 0.688. The van der Waals surface area contributed by atoms with Gasteiger partial charge in [-0.25, -0.2) is 14.6 Å². The Morgan fingerprint density at radius 1 is 1.28 bits per heavy atom. The molecule has 1 aromatic heterocycles. The van der Waals surface area contributed by atoms with Gasteiger partial charge in [0.15, 0.2) is 12.1 Å². The number of methoxy groups -OCH3 is 2. The molecule has 0 aromatic carbocycles. The van der Waals surface area contributed by atoms with Crippen molar-refractivity contribution in [2.45, 2.75) is 64.0 Å². The standard InChI is InChI=1S/C20H30N6O6/c1-10-11(8-12(27)13(17(29)31-6)23-19(30)32-7)26-16(28)14-15(24(5)18(26)22-10)25(9-21-14)20(2,3)4/h9,12-15,27H,8H2,1-7H3,(H,23,30). The number of anilines is 1. The van der Waals surface area contributed by atoms with Crippen molar-refractivity contribution in [1.29, 1.82) is 0 Å². The molecular weight excluding hydrogens is 420 g/mol. The van der Waals surface area contributed by atoms with Gasteiger partial charge in [0.2, 0.25) is 5.95 Å². The zero-order chi connectivity index (χ0) is 24.0. The number of aliphatic hydroxyl groups is 1. The Kier molecular flexibility index (Phi) is 6.18. The average Bonchev–Trinajstić information content (AvgIpc) is 3.32. The van der Waals surface area contributed by atoms with Crippen molar-refractivity contribution in [3.05, 3.63) is 11.4 Å². The van der Waals surface area contributed by atoms with Gasteiger partial charge in [-0.05, 0) is 27.7 Å². The number of alkyl carbamates (subject to hydrolysis) is 1. The van der Waals surface area contributed by atoms with Gasteiger partial charge in [-0.3, -0.25) is 14.4 Å². The number of aromatic nitrogens is 2. The number of imidazole rings is 1. The second kappa shape index (κ2) is 8.41. The fourth-order valence-electron chi connectivity index (χ4n) is 4.05. The van der Waals surface area contributed by atoms with Crippen LogP contribution in [0.4, 0.5) is 10.7 Å². The van der Waals surface area contributed by atoms with Gasteiger partial charge in [0.1, 0.15) is 6.17 Å². The maximum Gasteiger partial charge on any atom is 0.407 e. The lowest BCUT2D eigenvalue weighted by atomic mass is 10.0. The largest absolute Gasteiger partial charge is 0.467 e. The number of likely N-dealkylation sites (N-methyl/N-ethyl adjacent to an activating group) is 1. The summed E-state index contributed by atoms with van der Waals surface area (Å²) in [6.07, 6.45) is -1.06. The van der Waals surface area contributed by atoms with Crippen molar-refractivity contribution >= 4 is 30.3 Å². The van der Waals surface area contributed by atoms with Crippen LogP contribution in [-0.4, -0.2) is 95.0 Å². The number of nitrogens with zero attached hydrogens (tertiary/aromatic N) is 5. The number of rotatable bonds is 5. The predicted molar refractivity (Wildman–Crippen MR) is 115 cm³/mol. The van der Waals surface area contributed by atoms with E-state index in [2.05, 4.69) is 24.8 Å². The van der Waals surface area contributed by atoms with E-state index < -0.39 is 30.3 Å². The molecule has 12 nitrogen and oxygen atoms in total. The number of esters is 1. The number of fused-ring (bicyclic) bond motifs is 2. The van der Waals surface area contributed by atoms with Crippen LogP contribution in [0.2, 0.25) is 0 Å². The molecule has 0 bridgehead atoms. The summed E-state index contributed by atoms with van der Waals surface area (Å²) in [4.78, 5) is 50.1. The number of aliphatic hydroxyl groups excluding tert-OH is 1. The summed E-state index contributed by atoms with van der Waals surface area (Å²) in [5.74, 6) is -0.695. The average molecular weight is 450 g/mol. The van der Waals surface area contributed by atoms with Crippen molar-refractivity contribution in [2.75, 3.05) is 26.2 Å². The first-order valence-corrected chi connectivity index (χ1v) is 10.2. The molecule has 0 saturated heterocycles. The summed E-state index contributed by atoms with van der Waals surface area (Å²) in [6, 6.07) is -2.05. The monoisotopic (exact) mass is 450 g/mol. The van der Waals surface area contributed by atoms with E-state index in [4.69, 9.17) is 0 Å². The third kappa shape index (κ3) is 3.90. The number of hydrogen-bond acceptors (Lipinski definition) is 10. The van der Waals surface area contributed by atoms with Crippen LogP contribution in [0.3, 0.4) is 0 Å². The molecule has 0 aliphatic carbocycles. The quantitative estimate of drug-likeness (QED) is 0.590. The first kappa shape index (κ1) is 23.5. The highest BCUT2D eigenvalue weighted by molar-refractivity contribution is 5.94. The van der Waals surface area contributed by atoms with Crippen molar-refractivity contribution in [2.24, 2.45) is 4.99 Å². The van der Waals surface area contributed by atoms with Gasteiger partial charge in [-0.1, -0.05) is 0 Å². The van der Waals surface area contributed by atoms with E-state index in [-0.39, 0.29) is 24.0 Å². The van der Waals surface area contributed by atoms with E-state index in [1.165, 1.54) is 4.57 Å². The summed E-state index contributed by atoms with van der Waals surface area (Å²) in [5, 5.41) is 13.0. The van der Waals surface area contributed by atoms with Crippen molar-refractivity contribution in [1.82, 2.24) is 19.8 Å². The minimum absolute atomic E-state index is 0.133. The van der Waals surface area contributed by atoms with Crippen molar-refractivity contribution in [3.63, 3.8) is 0 Å². The number of carbonyl (C=O) groups excluding carboxylic acids is 3. The van der Waals surface area contributed by atoms with Crippen LogP contribution in [-0.2, 0) is 20.7 Å². The molecule has 1 amide bonds. The molecule has 2 N–H and O–H groups in total. The normalized spacial score (nSPS) is 21.7. The molecule has 2 aliphatic heterocycles. The van der Waals surface area contributed by atoms with Gasteiger partial charge in [0.05, 0.1) is 38.0 Å². The van der Waals surface area contributed by atoms with Gasteiger partial charge in [0, 0.05) is 19.0 Å². The number of ether oxygens (including phenoxy) is 2. The second-order valence-electron chi connectivity index (χ2n) is 8.84. The van der Waals surface area contributed by atoms with E-state index in [0.29, 0.717) is 17.3 Å². The SMILES string of the molecule is COC(=O)NC(C(=O)OC)C(O)Cc1c(C)nc2n1C(=O)C1N=CN(C(C)(C)C)C1N2C. The molecule has 2 aliphatic rings. The Balaban J connectivity index is 1.95. The van der Waals surface area contributed by atoms with Gasteiger partial charge in [-0.15, -0.1) is 0 Å². The number of hydrogen-bond donors (Lipinski definition) is 2. The highest BCUT2D eigenvalue weighted by atomic mass is 16.5. The van der Waals surface area contributed by atoms with Gasteiger partial charge in [0.25, 0.3) is 5.91 Å². The first-order valence-electron chi connectivity index (χ1n) is 10.2. The summed E-state index contributed by atoms with van der Waals surface area (Å²) < 4.78 is 10.6. The second-order valence-corrected chi connectivity index (χ2v) is 8.84. The zero-order valence-electron chi connectivity index (χ0n) is 19.3. The molecule has 4 unspecified atom stereocenters. The van der Waals surface area contributed by atoms with Gasteiger partial charge in [-0.2, -0.15) is 0 Å². The molecule has 0 radical (unpaired) electrons. The van der Waals surface area contributed by atoms with Crippen LogP contribution < -0.4 is 10.2 Å². The number of carbonyl (C=O) groups is 3. The van der Waals surface area contributed by atoms with Gasteiger partial charge < -0.3 is 29.7 Å². The van der Waals surface area contributed by atoms with Crippen LogP contribution >= 0.6 is 0 Å². The van der Waals surface area contributed by atoms with Crippen molar-refractivity contribution < 1.29 is 29.0 Å². The van der Waals surface area contributed by atoms with Gasteiger partial charge >= 0.3 is 12.1 Å². The molecule has 0 fully saturated rings. The number of aliphatic imine (C=N–C) groups is 1. The Morgan fingerprint density at radius 3 is 2.50 bits per heavy atom. The van der Waals surface area contributed by atoms with Crippen LogP contribution in [0, 0.1) is 6.92 Å². The number of amides is 1. The first-order chi connectivity index (χ1) is 14.9. The van der Waals surface area contributed by atoms with E-state index in [0.717, 1.165) is 14.2 Å². The molecular formula is C20H30N6O6. The lowest BCUT2D eigenvalue weighted by Crippen LogP contribution is -2.61. The summed E-state index contributed by atoms with van der Waals surface area (Å²) in [6.45, 7) is 7.83. The topological polar surface area (TPSA) is 139 Å². The summed E-state index contributed by atoms with van der Waals surface area (Å²) >= 11 is 0. The summed E-state index contributed by atoms with van der Waals surface area (Å²) in [7, 11) is 4.12. The smallest absolute Gasteiger partial charge is 0.407 e. The predicted octanol–water partition coefficient (Wildman–Crippen LogP) is -0.0804. The van der Waals surface area contributed by atoms with Crippen LogP contribution in [0.25, 0.3) is 0 Å². The zero-order valence-corrected chi connectivity index (χ0v) is 19.3. The third-order valence-corrected chi connectivity index (χ3v) is 5.74. The minimum Gasteiger partial charge on any atom is -0.467 e. The van der Waals surface area contributed by atoms with E-state index in [9.17, 15) is 19.5 Å². The highest BCUT2D eigenvalue weighted by Crippen LogP contribution is 2.35. The molecule has 4 atom stereocenters. The van der Waals surface area contributed by atoms with E-state index in [1.807, 2.05) is 37.6 Å². The Labute approximate surface area is 186 Å². The van der Waals surface area contributed by atoms with E-state index >= 15 is 0 Å². The molecule has 3 heterocycles. The maximum absolute atomic E-state index is 13.4. The molecule has 32 heavy (non-hydrogen) atoms. The molecule has 12 heteroatoms. The molecule has 176 valence electrons. The highest BCUT2D eigenvalue weighted by Gasteiger charge is 2.49. The molecule has 0 saturated carbocycles. The lowest BCUT2D eigenvalue weighted by Gasteiger charge is -2.44. The Bertz CT molecular complexity index is 951. The minimum atomic E-state index is -1.39. The van der Waals surface area contributed by atoms with Crippen LogP contribution in [0.1, 0.15) is 37.0 Å².